The number of esters is 1. The number of rotatable bonds is 2. The van der Waals surface area contributed by atoms with Crippen LogP contribution < -0.4 is 0 Å². The van der Waals surface area contributed by atoms with Crippen molar-refractivity contribution in [2.75, 3.05) is 0 Å². The largest absolute Gasteiger partial charge is 0.478 e. The molecule has 0 amide bonds. The zero-order chi connectivity index (χ0) is 13.2. The molecule has 0 aliphatic heterocycles. The highest BCUT2D eigenvalue weighted by Crippen LogP contribution is 2.06. The number of hydrogen-bond acceptors (Lipinski definition) is 4. The van der Waals surface area contributed by atoms with Gasteiger partial charge in [-0.25, -0.2) is 9.59 Å². The van der Waals surface area contributed by atoms with E-state index in [4.69, 9.17) is 15.1 Å². The van der Waals surface area contributed by atoms with Gasteiger partial charge in [0.15, 0.2) is 0 Å². The summed E-state index contributed by atoms with van der Waals surface area (Å²) in [5, 5.41) is 15.5. The quantitative estimate of drug-likeness (QED) is 0.438. The van der Waals surface area contributed by atoms with E-state index < -0.39 is 11.6 Å². The van der Waals surface area contributed by atoms with E-state index in [0.29, 0.717) is 0 Å². The minimum absolute atomic E-state index is 0.373. The van der Waals surface area contributed by atoms with Gasteiger partial charge < -0.3 is 9.84 Å². The molecule has 0 fully saturated rings. The summed E-state index contributed by atoms with van der Waals surface area (Å²) in [7, 11) is 0. The Balaban J connectivity index is 0. The van der Waals surface area contributed by atoms with Crippen molar-refractivity contribution < 1.29 is 19.4 Å². The van der Waals surface area contributed by atoms with Gasteiger partial charge in [0.25, 0.3) is 0 Å². The lowest BCUT2D eigenvalue weighted by Gasteiger charge is -2.17. The first-order valence-corrected chi connectivity index (χ1v) is 4.37. The van der Waals surface area contributed by atoms with Gasteiger partial charge in [-0.2, -0.15) is 5.26 Å². The topological polar surface area (TPSA) is 87.4 Å². The van der Waals surface area contributed by atoms with E-state index in [2.05, 4.69) is 6.58 Å². The first kappa shape index (κ1) is 16.3. The van der Waals surface area contributed by atoms with E-state index in [1.807, 2.05) is 20.8 Å². The molecule has 0 aliphatic carbocycles. The monoisotopic (exact) mass is 225 g/mol. The Hall–Kier alpha value is -2.09. The van der Waals surface area contributed by atoms with E-state index in [1.54, 1.807) is 0 Å². The lowest BCUT2D eigenvalue weighted by Crippen LogP contribution is -2.22. The summed E-state index contributed by atoms with van der Waals surface area (Å²) in [4.78, 5) is 20.0. The zero-order valence-corrected chi connectivity index (χ0v) is 9.56. The molecule has 0 rings (SSSR count). The molecule has 0 spiro atoms. The second kappa shape index (κ2) is 8.24. The molecule has 0 aromatic heterocycles. The maximum Gasteiger partial charge on any atom is 0.330 e. The number of carboxylic acid groups (broad SMARTS) is 1. The van der Waals surface area contributed by atoms with Crippen molar-refractivity contribution in [3.05, 3.63) is 24.8 Å². The number of nitriles is 1. The molecule has 0 radical (unpaired) electrons. The molecular weight excluding hydrogens is 210 g/mol. The van der Waals surface area contributed by atoms with Crippen LogP contribution in [0.3, 0.4) is 0 Å². The van der Waals surface area contributed by atoms with Crippen molar-refractivity contribution in [2.45, 2.75) is 26.4 Å². The van der Waals surface area contributed by atoms with Crippen LogP contribution in [0.5, 0.6) is 0 Å². The molecule has 0 unspecified atom stereocenters. The summed E-state index contributed by atoms with van der Waals surface area (Å²) in [6.07, 6.45) is 2.84. The fourth-order valence-corrected chi connectivity index (χ4v) is 0.452. The van der Waals surface area contributed by atoms with Crippen LogP contribution in [0.25, 0.3) is 0 Å². The van der Waals surface area contributed by atoms with Gasteiger partial charge in [-0.3, -0.25) is 0 Å². The van der Waals surface area contributed by atoms with Crippen LogP contribution in [-0.4, -0.2) is 22.6 Å². The number of hydrogen-bond donors (Lipinski definition) is 1. The van der Waals surface area contributed by atoms with Crippen LogP contribution in [0.15, 0.2) is 24.8 Å². The fraction of sp³-hybridized carbons (Fsp3) is 0.364. The van der Waals surface area contributed by atoms with Crippen molar-refractivity contribution in [3.63, 3.8) is 0 Å². The predicted octanol–water partition coefficient (Wildman–Crippen LogP) is 1.66. The van der Waals surface area contributed by atoms with Crippen molar-refractivity contribution in [1.29, 1.82) is 5.26 Å². The second-order valence-electron chi connectivity index (χ2n) is 3.54. The van der Waals surface area contributed by atoms with Gasteiger partial charge in [0.1, 0.15) is 5.60 Å². The van der Waals surface area contributed by atoms with Crippen molar-refractivity contribution in [3.8, 4) is 6.07 Å². The number of nitrogens with zero attached hydrogens (tertiary/aromatic N) is 1. The Bertz CT molecular complexity index is 318. The molecule has 16 heavy (non-hydrogen) atoms. The minimum atomic E-state index is -1.10. The molecular formula is C11H15NO4. The molecule has 0 saturated carbocycles. The molecule has 0 heterocycles. The molecule has 0 atom stereocenters. The first-order chi connectivity index (χ1) is 7.22. The van der Waals surface area contributed by atoms with Gasteiger partial charge in [0, 0.05) is 18.2 Å². The van der Waals surface area contributed by atoms with Gasteiger partial charge in [0.05, 0.1) is 6.07 Å². The van der Waals surface area contributed by atoms with E-state index in [0.717, 1.165) is 18.2 Å². The Morgan fingerprint density at radius 3 is 2.06 bits per heavy atom. The summed E-state index contributed by atoms with van der Waals surface area (Å²) in [6.45, 7) is 8.71. The molecule has 5 nitrogen and oxygen atoms in total. The van der Waals surface area contributed by atoms with E-state index in [9.17, 15) is 9.59 Å². The van der Waals surface area contributed by atoms with Crippen LogP contribution in [0.4, 0.5) is 0 Å². The lowest BCUT2D eigenvalue weighted by atomic mass is 10.2. The standard InChI is InChI=1S/C7H12O2.C4H3NO2/c1-5-6(8)9-7(2,3)4;5-3-1-2-4(6)7/h5H,1H2,2-4H3;1-2H,(H,6,7)/b;2-1-. The van der Waals surface area contributed by atoms with Gasteiger partial charge in [-0.05, 0) is 20.8 Å². The number of allylic oxidation sites excluding steroid dienone is 1. The highest BCUT2D eigenvalue weighted by Gasteiger charge is 2.12. The fourth-order valence-electron chi connectivity index (χ4n) is 0.452. The van der Waals surface area contributed by atoms with Crippen molar-refractivity contribution >= 4 is 11.9 Å². The van der Waals surface area contributed by atoms with Crippen LogP contribution >= 0.6 is 0 Å². The predicted molar refractivity (Wildman–Crippen MR) is 58.4 cm³/mol. The maximum absolute atomic E-state index is 10.5. The van der Waals surface area contributed by atoms with Gasteiger partial charge in [-0.1, -0.05) is 6.58 Å². The number of aliphatic carboxylic acids is 1. The lowest BCUT2D eigenvalue weighted by molar-refractivity contribution is -0.148. The van der Waals surface area contributed by atoms with Crippen molar-refractivity contribution in [1.82, 2.24) is 0 Å². The Kier molecular flexibility index (Phi) is 8.41. The van der Waals surface area contributed by atoms with Gasteiger partial charge >= 0.3 is 11.9 Å². The van der Waals surface area contributed by atoms with Crippen LogP contribution in [-0.2, 0) is 14.3 Å². The average molecular weight is 225 g/mol. The van der Waals surface area contributed by atoms with Crippen LogP contribution in [0.2, 0.25) is 0 Å². The van der Waals surface area contributed by atoms with Crippen LogP contribution in [0.1, 0.15) is 20.8 Å². The van der Waals surface area contributed by atoms with E-state index >= 15 is 0 Å². The average Bonchev–Trinajstić information content (AvgIpc) is 2.13. The Morgan fingerprint density at radius 1 is 1.44 bits per heavy atom. The highest BCUT2D eigenvalue weighted by molar-refractivity contribution is 5.81. The summed E-state index contributed by atoms with van der Waals surface area (Å²) in [5.41, 5.74) is -0.398. The number of ether oxygens (including phenoxy) is 1. The zero-order valence-electron chi connectivity index (χ0n) is 9.56. The summed E-state index contributed by atoms with van der Waals surface area (Å²) in [5.74, 6) is -1.47. The number of carboxylic acids is 1. The molecule has 88 valence electrons. The molecule has 0 aliphatic rings. The molecule has 1 N–H and O–H groups in total. The third kappa shape index (κ3) is 17.9. The molecule has 0 aromatic rings. The van der Waals surface area contributed by atoms with Crippen molar-refractivity contribution in [2.24, 2.45) is 0 Å². The maximum atomic E-state index is 10.5. The SMILES string of the molecule is C=CC(=O)OC(C)(C)C.N#C/C=C\C(=O)O. The smallest absolute Gasteiger partial charge is 0.330 e. The number of carbonyl (C=O) groups excluding carboxylic acids is 1. The summed E-state index contributed by atoms with van der Waals surface area (Å²) < 4.78 is 4.83. The number of carbonyl (C=O) groups is 2. The molecule has 0 bridgehead atoms. The summed E-state index contributed by atoms with van der Waals surface area (Å²) in [6, 6.07) is 1.54. The first-order valence-electron chi connectivity index (χ1n) is 4.37. The third-order valence-corrected chi connectivity index (χ3v) is 0.874. The molecule has 0 aromatic carbocycles. The second-order valence-corrected chi connectivity index (χ2v) is 3.54. The Morgan fingerprint density at radius 2 is 1.94 bits per heavy atom. The normalized spacial score (nSPS) is 9.62. The Labute approximate surface area is 94.6 Å². The minimum Gasteiger partial charge on any atom is -0.478 e. The summed E-state index contributed by atoms with van der Waals surface area (Å²) >= 11 is 0. The van der Waals surface area contributed by atoms with E-state index in [-0.39, 0.29) is 5.97 Å². The third-order valence-electron chi connectivity index (χ3n) is 0.874. The highest BCUT2D eigenvalue weighted by atomic mass is 16.6. The van der Waals surface area contributed by atoms with Gasteiger partial charge in [-0.15, -0.1) is 0 Å². The van der Waals surface area contributed by atoms with Crippen LogP contribution in [0, 0.1) is 11.3 Å². The van der Waals surface area contributed by atoms with Gasteiger partial charge in [0.2, 0.25) is 0 Å². The molecule has 5 heteroatoms. The van der Waals surface area contributed by atoms with E-state index in [1.165, 1.54) is 6.07 Å². The molecule has 0 saturated heterocycles.